The quantitative estimate of drug-likeness (QED) is 0.907. The van der Waals surface area contributed by atoms with Crippen LogP contribution in [0.15, 0.2) is 39.6 Å². The number of aliphatic hydroxyl groups is 1. The molecular weight excluding hydrogens is 294 g/mol. The molecule has 0 radical (unpaired) electrons. The van der Waals surface area contributed by atoms with E-state index in [1.807, 2.05) is 30.3 Å². The molecule has 1 aliphatic heterocycles. The van der Waals surface area contributed by atoms with E-state index in [1.54, 1.807) is 0 Å². The van der Waals surface area contributed by atoms with Crippen molar-refractivity contribution >= 4 is 0 Å². The maximum Gasteiger partial charge on any atom is 0.441 e. The van der Waals surface area contributed by atoms with Gasteiger partial charge in [0.25, 0.3) is 0 Å². The van der Waals surface area contributed by atoms with E-state index in [0.717, 1.165) is 25.1 Å². The molecule has 1 atom stereocenters. The number of nitrogens with zero attached hydrogens (tertiary/aromatic N) is 3. The molecular formula is C17H23N3O3. The molecule has 1 unspecified atom stereocenters. The second-order valence-electron chi connectivity index (χ2n) is 7.05. The number of rotatable bonds is 5. The zero-order valence-electron chi connectivity index (χ0n) is 13.6. The minimum Gasteiger partial charge on any atom is -0.390 e. The number of aromatic nitrogens is 2. The highest BCUT2D eigenvalue weighted by molar-refractivity contribution is 5.54. The summed E-state index contributed by atoms with van der Waals surface area (Å²) in [5.41, 5.74) is 1.09. The molecule has 0 aliphatic carbocycles. The van der Waals surface area contributed by atoms with E-state index in [0.29, 0.717) is 17.8 Å². The Morgan fingerprint density at radius 3 is 2.70 bits per heavy atom. The first-order valence-electron chi connectivity index (χ1n) is 7.97. The van der Waals surface area contributed by atoms with Crippen LogP contribution in [0, 0.1) is 5.41 Å². The monoisotopic (exact) mass is 317 g/mol. The third-order valence-electron chi connectivity index (χ3n) is 4.34. The average molecular weight is 317 g/mol. The lowest BCUT2D eigenvalue weighted by Crippen LogP contribution is -2.36. The van der Waals surface area contributed by atoms with E-state index in [4.69, 9.17) is 4.52 Å². The number of benzene rings is 1. The van der Waals surface area contributed by atoms with Gasteiger partial charge in [-0.3, -0.25) is 9.09 Å². The Hall–Kier alpha value is -1.92. The summed E-state index contributed by atoms with van der Waals surface area (Å²) in [6, 6.07) is 9.38. The molecule has 1 N–H and O–H groups in total. The van der Waals surface area contributed by atoms with E-state index >= 15 is 0 Å². The van der Waals surface area contributed by atoms with Gasteiger partial charge in [0, 0.05) is 18.7 Å². The summed E-state index contributed by atoms with van der Waals surface area (Å²) < 4.78 is 6.19. The number of likely N-dealkylation sites (tertiary alicyclic amines) is 1. The Labute approximate surface area is 135 Å². The highest BCUT2D eigenvalue weighted by atomic mass is 16.5. The van der Waals surface area contributed by atoms with Crippen LogP contribution in [-0.2, 0) is 6.54 Å². The Morgan fingerprint density at radius 1 is 1.30 bits per heavy atom. The third kappa shape index (κ3) is 3.71. The molecule has 0 saturated carbocycles. The van der Waals surface area contributed by atoms with Crippen LogP contribution in [0.25, 0.3) is 11.4 Å². The van der Waals surface area contributed by atoms with Crippen LogP contribution >= 0.6 is 0 Å². The van der Waals surface area contributed by atoms with Gasteiger partial charge in [0.1, 0.15) is 0 Å². The van der Waals surface area contributed by atoms with Crippen LogP contribution < -0.4 is 5.76 Å². The van der Waals surface area contributed by atoms with Gasteiger partial charge < -0.3 is 10.0 Å². The zero-order chi connectivity index (χ0) is 16.4. The molecule has 1 aromatic carbocycles. The molecule has 1 saturated heterocycles. The van der Waals surface area contributed by atoms with Crippen molar-refractivity contribution in [2.45, 2.75) is 32.9 Å². The molecule has 124 valence electrons. The predicted molar refractivity (Wildman–Crippen MR) is 87.0 cm³/mol. The lowest BCUT2D eigenvalue weighted by atomic mass is 9.93. The van der Waals surface area contributed by atoms with Crippen molar-refractivity contribution < 1.29 is 9.63 Å². The summed E-state index contributed by atoms with van der Waals surface area (Å²) in [6.07, 6.45) is 0.491. The minimum atomic E-state index is -0.636. The Kier molecular flexibility index (Phi) is 4.37. The summed E-state index contributed by atoms with van der Waals surface area (Å²) >= 11 is 0. The van der Waals surface area contributed by atoms with Crippen LogP contribution in [0.1, 0.15) is 20.3 Å². The van der Waals surface area contributed by atoms with Crippen LogP contribution in [0.2, 0.25) is 0 Å². The topological polar surface area (TPSA) is 71.5 Å². The third-order valence-corrected chi connectivity index (χ3v) is 4.34. The van der Waals surface area contributed by atoms with Crippen molar-refractivity contribution in [1.82, 2.24) is 14.6 Å². The fourth-order valence-corrected chi connectivity index (χ4v) is 3.17. The average Bonchev–Trinajstić information content (AvgIpc) is 3.03. The number of β-amino-alcohol motifs (C(OH)–C–C–N with tert-alkyl or cyclic N) is 1. The number of hydrogen-bond donors (Lipinski definition) is 1. The van der Waals surface area contributed by atoms with Gasteiger partial charge in [0.2, 0.25) is 0 Å². The molecule has 0 bridgehead atoms. The second kappa shape index (κ2) is 6.29. The lowest BCUT2D eigenvalue weighted by Gasteiger charge is -2.22. The zero-order valence-corrected chi connectivity index (χ0v) is 13.6. The number of aliphatic hydroxyl groups excluding tert-OH is 1. The lowest BCUT2D eigenvalue weighted by molar-refractivity contribution is 0.103. The van der Waals surface area contributed by atoms with Gasteiger partial charge in [-0.25, -0.2) is 4.79 Å². The largest absolute Gasteiger partial charge is 0.441 e. The fourth-order valence-electron chi connectivity index (χ4n) is 3.17. The standard InChI is InChI=1S/C17H23N3O3/c1-17(2)8-9-19(12-17)10-14(21)11-20-15(18-23-16(20)22)13-6-4-3-5-7-13/h3-7,14,21H,8-12H2,1-2H3. The molecule has 2 aromatic rings. The molecule has 23 heavy (non-hydrogen) atoms. The van der Waals surface area contributed by atoms with Gasteiger partial charge in [-0.2, -0.15) is 0 Å². The summed E-state index contributed by atoms with van der Waals surface area (Å²) in [7, 11) is 0. The van der Waals surface area contributed by atoms with Crippen molar-refractivity contribution in [2.24, 2.45) is 5.41 Å². The van der Waals surface area contributed by atoms with E-state index < -0.39 is 11.9 Å². The molecule has 1 aromatic heterocycles. The van der Waals surface area contributed by atoms with E-state index in [2.05, 4.69) is 23.9 Å². The van der Waals surface area contributed by atoms with Gasteiger partial charge >= 0.3 is 5.76 Å². The highest BCUT2D eigenvalue weighted by Gasteiger charge is 2.30. The summed E-state index contributed by atoms with van der Waals surface area (Å²) in [4.78, 5) is 14.1. The normalized spacial score (nSPS) is 19.1. The number of hydrogen-bond acceptors (Lipinski definition) is 5. The maximum atomic E-state index is 11.9. The molecule has 0 spiro atoms. The molecule has 2 heterocycles. The molecule has 1 aliphatic rings. The van der Waals surface area contributed by atoms with Crippen molar-refractivity contribution in [3.63, 3.8) is 0 Å². The molecule has 6 heteroatoms. The summed E-state index contributed by atoms with van der Waals surface area (Å²) in [5, 5.41) is 14.2. The van der Waals surface area contributed by atoms with Crippen molar-refractivity contribution in [3.8, 4) is 11.4 Å². The van der Waals surface area contributed by atoms with Crippen molar-refractivity contribution in [3.05, 3.63) is 40.9 Å². The van der Waals surface area contributed by atoms with E-state index in [1.165, 1.54) is 4.57 Å². The van der Waals surface area contributed by atoms with Crippen molar-refractivity contribution in [1.29, 1.82) is 0 Å². The Balaban J connectivity index is 1.71. The van der Waals surface area contributed by atoms with Gasteiger partial charge in [-0.1, -0.05) is 49.3 Å². The van der Waals surface area contributed by atoms with E-state index in [-0.39, 0.29) is 6.54 Å². The van der Waals surface area contributed by atoms with Gasteiger partial charge in [-0.15, -0.1) is 0 Å². The summed E-state index contributed by atoms with van der Waals surface area (Å²) in [6.45, 7) is 7.15. The SMILES string of the molecule is CC1(C)CCN(CC(O)Cn2c(-c3ccccc3)noc2=O)C1. The summed E-state index contributed by atoms with van der Waals surface area (Å²) in [5.74, 6) is -0.0824. The van der Waals surface area contributed by atoms with Crippen LogP contribution in [0.4, 0.5) is 0 Å². The van der Waals surface area contributed by atoms with Crippen LogP contribution in [-0.4, -0.2) is 45.5 Å². The van der Waals surface area contributed by atoms with E-state index in [9.17, 15) is 9.90 Å². The van der Waals surface area contributed by atoms with Gasteiger partial charge in [0.05, 0.1) is 12.6 Å². The Bertz CT molecular complexity index is 705. The first-order valence-corrected chi connectivity index (χ1v) is 7.97. The molecule has 1 fully saturated rings. The highest BCUT2D eigenvalue weighted by Crippen LogP contribution is 2.28. The second-order valence-corrected chi connectivity index (χ2v) is 7.05. The smallest absolute Gasteiger partial charge is 0.390 e. The first-order chi connectivity index (χ1) is 10.9. The van der Waals surface area contributed by atoms with Gasteiger partial charge in [0.15, 0.2) is 5.82 Å². The van der Waals surface area contributed by atoms with Crippen LogP contribution in [0.5, 0.6) is 0 Å². The fraction of sp³-hybridized carbons (Fsp3) is 0.529. The van der Waals surface area contributed by atoms with Gasteiger partial charge in [-0.05, 0) is 18.4 Å². The molecule has 3 rings (SSSR count). The first kappa shape index (κ1) is 16.0. The predicted octanol–water partition coefficient (Wildman–Crippen LogP) is 1.60. The van der Waals surface area contributed by atoms with Crippen molar-refractivity contribution in [2.75, 3.05) is 19.6 Å². The minimum absolute atomic E-state index is 0.184. The maximum absolute atomic E-state index is 11.9. The Morgan fingerprint density at radius 2 is 2.04 bits per heavy atom. The van der Waals surface area contributed by atoms with Crippen LogP contribution in [0.3, 0.4) is 0 Å². The molecule has 0 amide bonds. The molecule has 6 nitrogen and oxygen atoms in total.